The Balaban J connectivity index is 2.19. The zero-order chi connectivity index (χ0) is 8.55. The van der Waals surface area contributed by atoms with Crippen LogP contribution in [0.25, 0.3) is 0 Å². The second kappa shape index (κ2) is 2.86. The topological polar surface area (TPSA) is 42.2 Å². The Hall–Kier alpha value is -0.900. The van der Waals surface area contributed by atoms with Crippen LogP contribution in [0.3, 0.4) is 0 Å². The molecule has 1 fully saturated rings. The van der Waals surface area contributed by atoms with Crippen molar-refractivity contribution in [3.8, 4) is 0 Å². The van der Waals surface area contributed by atoms with Crippen molar-refractivity contribution in [1.82, 2.24) is 15.0 Å². The molecule has 0 saturated carbocycles. The van der Waals surface area contributed by atoms with Gasteiger partial charge in [0.15, 0.2) is 5.82 Å². The summed E-state index contributed by atoms with van der Waals surface area (Å²) in [5, 5.41) is 3.92. The summed E-state index contributed by atoms with van der Waals surface area (Å²) in [5.74, 6) is 1.50. The highest BCUT2D eigenvalue weighted by atomic mass is 16.5. The van der Waals surface area contributed by atoms with Crippen molar-refractivity contribution in [2.45, 2.75) is 25.8 Å². The lowest BCUT2D eigenvalue weighted by molar-refractivity contribution is 0.293. The third-order valence-electron chi connectivity index (χ3n) is 2.36. The first-order valence-corrected chi connectivity index (χ1v) is 4.28. The Kier molecular flexibility index (Phi) is 1.84. The quantitative estimate of drug-likeness (QED) is 0.629. The smallest absolute Gasteiger partial charge is 0.223 e. The number of likely N-dealkylation sites (tertiary alicyclic amines) is 1. The molecular weight excluding hydrogens is 154 g/mol. The molecule has 0 aromatic carbocycles. The van der Waals surface area contributed by atoms with Crippen LogP contribution in [0.1, 0.15) is 30.6 Å². The fourth-order valence-electron chi connectivity index (χ4n) is 1.69. The van der Waals surface area contributed by atoms with Crippen molar-refractivity contribution in [1.29, 1.82) is 0 Å². The molecule has 0 amide bonds. The first-order chi connectivity index (χ1) is 5.77. The van der Waals surface area contributed by atoms with E-state index in [9.17, 15) is 0 Å². The number of rotatable bonds is 1. The summed E-state index contributed by atoms with van der Waals surface area (Å²) in [6.07, 6.45) is 2.38. The minimum Gasteiger partial charge on any atom is -0.340 e. The van der Waals surface area contributed by atoms with Crippen LogP contribution in [0.4, 0.5) is 0 Å². The van der Waals surface area contributed by atoms with E-state index in [-0.39, 0.29) is 0 Å². The maximum atomic E-state index is 4.94. The summed E-state index contributed by atoms with van der Waals surface area (Å²) in [7, 11) is 2.10. The lowest BCUT2D eigenvalue weighted by atomic mass is 10.2. The summed E-state index contributed by atoms with van der Waals surface area (Å²) in [6.45, 7) is 2.96. The molecule has 1 atom stereocenters. The Morgan fingerprint density at radius 3 is 2.92 bits per heavy atom. The van der Waals surface area contributed by atoms with Crippen LogP contribution < -0.4 is 0 Å². The predicted octanol–water partition coefficient (Wildman–Crippen LogP) is 1.14. The summed E-state index contributed by atoms with van der Waals surface area (Å²) >= 11 is 0. The molecule has 1 aliphatic heterocycles. The van der Waals surface area contributed by atoms with E-state index in [1.165, 1.54) is 6.42 Å². The molecule has 12 heavy (non-hydrogen) atoms. The van der Waals surface area contributed by atoms with Crippen LogP contribution >= 0.6 is 0 Å². The van der Waals surface area contributed by atoms with Crippen LogP contribution in [-0.2, 0) is 0 Å². The molecule has 4 nitrogen and oxygen atoms in total. The Morgan fingerprint density at radius 2 is 2.42 bits per heavy atom. The van der Waals surface area contributed by atoms with E-state index < -0.39 is 0 Å². The second-order valence-electron chi connectivity index (χ2n) is 3.31. The molecule has 1 aliphatic rings. The average molecular weight is 167 g/mol. The summed E-state index contributed by atoms with van der Waals surface area (Å²) in [4.78, 5) is 6.49. The average Bonchev–Trinajstić information content (AvgIpc) is 2.58. The van der Waals surface area contributed by atoms with Crippen molar-refractivity contribution in [3.63, 3.8) is 0 Å². The van der Waals surface area contributed by atoms with Gasteiger partial charge >= 0.3 is 0 Å². The van der Waals surface area contributed by atoms with E-state index in [4.69, 9.17) is 4.52 Å². The zero-order valence-corrected chi connectivity index (χ0v) is 7.45. The number of hydrogen-bond donors (Lipinski definition) is 0. The molecule has 66 valence electrons. The number of hydrogen-bond acceptors (Lipinski definition) is 4. The lowest BCUT2D eigenvalue weighted by Crippen LogP contribution is -2.18. The van der Waals surface area contributed by atoms with E-state index in [1.54, 1.807) is 0 Å². The van der Waals surface area contributed by atoms with Gasteiger partial charge in [-0.1, -0.05) is 5.16 Å². The van der Waals surface area contributed by atoms with Gasteiger partial charge in [-0.05, 0) is 26.4 Å². The minimum absolute atomic E-state index is 0.377. The number of nitrogens with zero attached hydrogens (tertiary/aromatic N) is 3. The van der Waals surface area contributed by atoms with Gasteiger partial charge in [-0.25, -0.2) is 0 Å². The molecule has 0 aliphatic carbocycles. The van der Waals surface area contributed by atoms with Crippen molar-refractivity contribution >= 4 is 0 Å². The predicted molar refractivity (Wildman–Crippen MR) is 43.6 cm³/mol. The van der Waals surface area contributed by atoms with E-state index >= 15 is 0 Å². The monoisotopic (exact) mass is 167 g/mol. The van der Waals surface area contributed by atoms with Crippen molar-refractivity contribution in [2.75, 3.05) is 13.6 Å². The van der Waals surface area contributed by atoms with Crippen LogP contribution in [0, 0.1) is 6.92 Å². The summed E-state index contributed by atoms with van der Waals surface area (Å²) in [6, 6.07) is 0.377. The van der Waals surface area contributed by atoms with Crippen LogP contribution in [0.5, 0.6) is 0 Å². The van der Waals surface area contributed by atoms with E-state index in [0.29, 0.717) is 11.9 Å². The van der Waals surface area contributed by atoms with Gasteiger partial charge in [0.1, 0.15) is 0 Å². The summed E-state index contributed by atoms with van der Waals surface area (Å²) < 4.78 is 4.94. The van der Waals surface area contributed by atoms with E-state index in [1.807, 2.05) is 6.92 Å². The molecule has 2 heterocycles. The maximum Gasteiger partial charge on any atom is 0.223 e. The molecule has 0 bridgehead atoms. The van der Waals surface area contributed by atoms with Crippen LogP contribution in [-0.4, -0.2) is 28.6 Å². The highest BCUT2D eigenvalue weighted by molar-refractivity contribution is 4.96. The lowest BCUT2D eigenvalue weighted by Gasteiger charge is -2.14. The molecule has 0 radical (unpaired) electrons. The molecule has 2 rings (SSSR count). The van der Waals surface area contributed by atoms with E-state index in [2.05, 4.69) is 22.1 Å². The number of aromatic nitrogens is 2. The first kappa shape index (κ1) is 7.73. The van der Waals surface area contributed by atoms with Crippen LogP contribution in [0.15, 0.2) is 4.52 Å². The Bertz CT molecular complexity index is 271. The molecule has 0 spiro atoms. The minimum atomic E-state index is 0.377. The zero-order valence-electron chi connectivity index (χ0n) is 7.45. The fraction of sp³-hybridized carbons (Fsp3) is 0.750. The molecule has 1 aromatic rings. The summed E-state index contributed by atoms with van der Waals surface area (Å²) in [5.41, 5.74) is 0. The molecule has 1 unspecified atom stereocenters. The first-order valence-electron chi connectivity index (χ1n) is 4.28. The van der Waals surface area contributed by atoms with Gasteiger partial charge in [0.25, 0.3) is 0 Å². The van der Waals surface area contributed by atoms with Gasteiger partial charge in [-0.3, -0.25) is 4.90 Å². The third-order valence-corrected chi connectivity index (χ3v) is 2.36. The third kappa shape index (κ3) is 1.22. The molecule has 0 N–H and O–H groups in total. The standard InChI is InChI=1S/C8H13N3O/c1-6-9-8(10-12-6)7-4-3-5-11(7)2/h7H,3-5H2,1-2H3. The van der Waals surface area contributed by atoms with Crippen molar-refractivity contribution in [2.24, 2.45) is 0 Å². The second-order valence-corrected chi connectivity index (χ2v) is 3.31. The van der Waals surface area contributed by atoms with Crippen molar-refractivity contribution < 1.29 is 4.52 Å². The van der Waals surface area contributed by atoms with Gasteiger partial charge < -0.3 is 4.52 Å². The van der Waals surface area contributed by atoms with Gasteiger partial charge in [0, 0.05) is 6.92 Å². The highest BCUT2D eigenvalue weighted by Gasteiger charge is 2.26. The largest absolute Gasteiger partial charge is 0.340 e. The van der Waals surface area contributed by atoms with Gasteiger partial charge in [-0.15, -0.1) is 0 Å². The Morgan fingerprint density at radius 1 is 1.58 bits per heavy atom. The van der Waals surface area contributed by atoms with Gasteiger partial charge in [0.2, 0.25) is 5.89 Å². The van der Waals surface area contributed by atoms with Gasteiger partial charge in [-0.2, -0.15) is 4.98 Å². The molecule has 1 saturated heterocycles. The molecule has 4 heteroatoms. The molecular formula is C8H13N3O. The normalized spacial score (nSPS) is 25.0. The highest BCUT2D eigenvalue weighted by Crippen LogP contribution is 2.27. The number of aryl methyl sites for hydroxylation is 1. The Labute approximate surface area is 71.6 Å². The van der Waals surface area contributed by atoms with Crippen molar-refractivity contribution in [3.05, 3.63) is 11.7 Å². The molecule has 1 aromatic heterocycles. The van der Waals surface area contributed by atoms with Crippen LogP contribution in [0.2, 0.25) is 0 Å². The fourth-order valence-corrected chi connectivity index (χ4v) is 1.69. The SMILES string of the molecule is Cc1nc(C2CCCN2C)no1. The van der Waals surface area contributed by atoms with E-state index in [0.717, 1.165) is 18.8 Å². The maximum absolute atomic E-state index is 4.94. The van der Waals surface area contributed by atoms with Gasteiger partial charge in [0.05, 0.1) is 6.04 Å².